The third kappa shape index (κ3) is 6.37. The number of likely N-dealkylation sites (tertiary alicyclic amines) is 1. The van der Waals surface area contributed by atoms with Gasteiger partial charge in [0.25, 0.3) is 11.8 Å². The number of carbonyl (C=O) groups excluding carboxylic acids is 2. The predicted molar refractivity (Wildman–Crippen MR) is 153 cm³/mol. The standard InChI is InChI=1S/C30H36N4O4S/c1-32(20-24-7-5-14-39-24)29(36)26-16-25(27(31)17-28(26)35)30(37)34-18-21-8-9-23(15-22(21)19-34)38-13-6-12-33-10-3-2-4-11-33/h5,7-9,14-17,35H,2-4,6,10-13,18-20,31H2,1H3. The van der Waals surface area contributed by atoms with Gasteiger partial charge in [0.15, 0.2) is 0 Å². The van der Waals surface area contributed by atoms with Crippen LogP contribution in [0.5, 0.6) is 11.5 Å². The Labute approximate surface area is 233 Å². The minimum atomic E-state index is -0.373. The number of carbonyl (C=O) groups is 2. The van der Waals surface area contributed by atoms with Gasteiger partial charge < -0.3 is 30.3 Å². The van der Waals surface area contributed by atoms with E-state index in [9.17, 15) is 14.7 Å². The Kier molecular flexibility index (Phi) is 8.38. The lowest BCUT2D eigenvalue weighted by Crippen LogP contribution is -2.31. The molecule has 9 heteroatoms. The quantitative estimate of drug-likeness (QED) is 0.297. The van der Waals surface area contributed by atoms with Crippen LogP contribution in [0.1, 0.15) is 62.4 Å². The van der Waals surface area contributed by atoms with Gasteiger partial charge in [0.1, 0.15) is 11.5 Å². The molecule has 1 fully saturated rings. The molecular formula is C30H36N4O4S. The number of thiophene rings is 1. The molecule has 0 aliphatic carbocycles. The molecule has 0 bridgehead atoms. The lowest BCUT2D eigenvalue weighted by molar-refractivity contribution is 0.0752. The van der Waals surface area contributed by atoms with Crippen LogP contribution in [0.3, 0.4) is 0 Å². The SMILES string of the molecule is CN(Cc1cccs1)C(=O)c1cc(C(=O)N2Cc3ccc(OCCCN4CCCCC4)cc3C2)c(N)cc1O. The zero-order valence-electron chi connectivity index (χ0n) is 22.4. The molecule has 1 aromatic heterocycles. The lowest BCUT2D eigenvalue weighted by atomic mass is 10.0. The van der Waals surface area contributed by atoms with E-state index in [0.717, 1.165) is 34.7 Å². The van der Waals surface area contributed by atoms with Gasteiger partial charge in [0, 0.05) is 43.3 Å². The number of phenolic OH excluding ortho intramolecular Hbond substituents is 1. The number of nitrogens with two attached hydrogens (primary N) is 1. The number of anilines is 1. The average Bonchev–Trinajstić information content (AvgIpc) is 3.61. The summed E-state index contributed by atoms with van der Waals surface area (Å²) in [7, 11) is 1.67. The summed E-state index contributed by atoms with van der Waals surface area (Å²) in [6.45, 7) is 5.40. The van der Waals surface area contributed by atoms with Gasteiger partial charge in [0.05, 0.1) is 24.3 Å². The van der Waals surface area contributed by atoms with Gasteiger partial charge in [-0.25, -0.2) is 0 Å². The second kappa shape index (κ2) is 12.1. The number of hydrogen-bond acceptors (Lipinski definition) is 7. The van der Waals surface area contributed by atoms with E-state index in [2.05, 4.69) is 4.90 Å². The summed E-state index contributed by atoms with van der Waals surface area (Å²) < 4.78 is 6.02. The fourth-order valence-corrected chi connectivity index (χ4v) is 6.07. The van der Waals surface area contributed by atoms with Crippen LogP contribution in [0.2, 0.25) is 0 Å². The van der Waals surface area contributed by atoms with Crippen molar-refractivity contribution in [3.8, 4) is 11.5 Å². The van der Waals surface area contributed by atoms with Crippen molar-refractivity contribution < 1.29 is 19.4 Å². The molecule has 0 saturated carbocycles. The third-order valence-corrected chi connectivity index (χ3v) is 8.33. The molecule has 3 heterocycles. The highest BCUT2D eigenvalue weighted by Gasteiger charge is 2.28. The number of piperidine rings is 1. The largest absolute Gasteiger partial charge is 0.507 e. The van der Waals surface area contributed by atoms with Crippen LogP contribution in [-0.4, -0.2) is 64.9 Å². The van der Waals surface area contributed by atoms with Crippen LogP contribution in [-0.2, 0) is 19.6 Å². The molecule has 2 aliphatic rings. The van der Waals surface area contributed by atoms with Crippen LogP contribution in [0.4, 0.5) is 5.69 Å². The first kappa shape index (κ1) is 27.0. The van der Waals surface area contributed by atoms with E-state index < -0.39 is 0 Å². The number of nitrogen functional groups attached to an aromatic ring is 1. The van der Waals surface area contributed by atoms with Gasteiger partial charge in [-0.2, -0.15) is 0 Å². The number of ether oxygens (including phenoxy) is 1. The Hall–Kier alpha value is -3.56. The topological polar surface area (TPSA) is 99.3 Å². The van der Waals surface area contributed by atoms with Crippen molar-refractivity contribution in [2.45, 2.75) is 45.3 Å². The summed E-state index contributed by atoms with van der Waals surface area (Å²) in [6.07, 6.45) is 4.92. The normalized spacial score (nSPS) is 15.3. The third-order valence-electron chi connectivity index (χ3n) is 7.47. The molecule has 0 spiro atoms. The number of fused-ring (bicyclic) bond motifs is 1. The predicted octanol–water partition coefficient (Wildman–Crippen LogP) is 4.72. The highest BCUT2D eigenvalue weighted by atomic mass is 32.1. The Bertz CT molecular complexity index is 1320. The van der Waals surface area contributed by atoms with Crippen molar-refractivity contribution in [2.24, 2.45) is 0 Å². The molecule has 2 aromatic carbocycles. The van der Waals surface area contributed by atoms with E-state index in [0.29, 0.717) is 26.2 Å². The minimum Gasteiger partial charge on any atom is -0.507 e. The maximum absolute atomic E-state index is 13.5. The van der Waals surface area contributed by atoms with Crippen molar-refractivity contribution >= 4 is 28.8 Å². The number of phenols is 1. The summed E-state index contributed by atoms with van der Waals surface area (Å²) >= 11 is 1.55. The van der Waals surface area contributed by atoms with Gasteiger partial charge in [-0.1, -0.05) is 18.6 Å². The number of benzene rings is 2. The molecule has 2 aliphatic heterocycles. The van der Waals surface area contributed by atoms with Crippen LogP contribution in [0, 0.1) is 0 Å². The molecule has 0 atom stereocenters. The molecular weight excluding hydrogens is 512 g/mol. The van der Waals surface area contributed by atoms with Gasteiger partial charge in [-0.3, -0.25) is 9.59 Å². The first-order valence-electron chi connectivity index (χ1n) is 13.6. The van der Waals surface area contributed by atoms with Gasteiger partial charge in [-0.15, -0.1) is 11.3 Å². The van der Waals surface area contributed by atoms with Crippen molar-refractivity contribution in [3.05, 3.63) is 75.0 Å². The number of rotatable bonds is 9. The molecule has 39 heavy (non-hydrogen) atoms. The van der Waals surface area contributed by atoms with Gasteiger partial charge >= 0.3 is 0 Å². The Balaban J connectivity index is 1.21. The van der Waals surface area contributed by atoms with Crippen molar-refractivity contribution in [1.82, 2.24) is 14.7 Å². The summed E-state index contributed by atoms with van der Waals surface area (Å²) in [5, 5.41) is 12.4. The van der Waals surface area contributed by atoms with E-state index in [4.69, 9.17) is 10.5 Å². The van der Waals surface area contributed by atoms with Crippen LogP contribution < -0.4 is 10.5 Å². The molecule has 2 amide bonds. The second-order valence-corrected chi connectivity index (χ2v) is 11.4. The molecule has 1 saturated heterocycles. The van der Waals surface area contributed by atoms with Gasteiger partial charge in [-0.05, 0) is 73.1 Å². The Morgan fingerprint density at radius 2 is 1.85 bits per heavy atom. The zero-order chi connectivity index (χ0) is 27.4. The van der Waals surface area contributed by atoms with Crippen LogP contribution in [0.25, 0.3) is 0 Å². The molecule has 3 aromatic rings. The number of aromatic hydroxyl groups is 1. The monoisotopic (exact) mass is 548 g/mol. The number of hydrogen-bond donors (Lipinski definition) is 2. The number of amides is 2. The van der Waals surface area contributed by atoms with Crippen molar-refractivity contribution in [1.29, 1.82) is 0 Å². The molecule has 206 valence electrons. The van der Waals surface area contributed by atoms with E-state index in [-0.39, 0.29) is 34.4 Å². The van der Waals surface area contributed by atoms with Crippen molar-refractivity contribution in [3.63, 3.8) is 0 Å². The first-order valence-corrected chi connectivity index (χ1v) is 14.4. The smallest absolute Gasteiger partial charge is 0.257 e. The maximum atomic E-state index is 13.5. The molecule has 0 unspecified atom stereocenters. The Morgan fingerprint density at radius 3 is 2.62 bits per heavy atom. The summed E-state index contributed by atoms with van der Waals surface area (Å²) in [6, 6.07) is 12.6. The zero-order valence-corrected chi connectivity index (χ0v) is 23.2. The Morgan fingerprint density at radius 1 is 1.05 bits per heavy atom. The second-order valence-electron chi connectivity index (χ2n) is 10.4. The van der Waals surface area contributed by atoms with Crippen LogP contribution in [0.15, 0.2) is 47.8 Å². The van der Waals surface area contributed by atoms with Crippen molar-refractivity contribution in [2.75, 3.05) is 39.0 Å². The van der Waals surface area contributed by atoms with Gasteiger partial charge in [0.2, 0.25) is 0 Å². The summed E-state index contributed by atoms with van der Waals surface area (Å²) in [5.74, 6) is -0.0734. The highest BCUT2D eigenvalue weighted by molar-refractivity contribution is 7.09. The molecule has 5 rings (SSSR count). The fourth-order valence-electron chi connectivity index (χ4n) is 5.31. The minimum absolute atomic E-state index is 0.0588. The molecule has 8 nitrogen and oxygen atoms in total. The van der Waals surface area contributed by atoms with E-state index in [1.54, 1.807) is 23.3 Å². The maximum Gasteiger partial charge on any atom is 0.257 e. The molecule has 3 N–H and O–H groups in total. The lowest BCUT2D eigenvalue weighted by Gasteiger charge is -2.26. The number of nitrogens with zero attached hydrogens (tertiary/aromatic N) is 3. The average molecular weight is 549 g/mol. The fraction of sp³-hybridized carbons (Fsp3) is 0.400. The molecule has 0 radical (unpaired) electrons. The van der Waals surface area contributed by atoms with E-state index >= 15 is 0 Å². The van der Waals surface area contributed by atoms with E-state index in [1.165, 1.54) is 49.4 Å². The summed E-state index contributed by atoms with van der Waals surface area (Å²) in [4.78, 5) is 33.4. The summed E-state index contributed by atoms with van der Waals surface area (Å²) in [5.41, 5.74) is 8.66. The highest BCUT2D eigenvalue weighted by Crippen LogP contribution is 2.32. The van der Waals surface area contributed by atoms with Crippen LogP contribution >= 0.6 is 11.3 Å². The first-order chi connectivity index (χ1) is 18.9. The van der Waals surface area contributed by atoms with E-state index in [1.807, 2.05) is 35.7 Å².